The fraction of sp³-hybridized carbons (Fsp3) is 0.114. The van der Waals surface area contributed by atoms with E-state index in [1.807, 2.05) is 72.8 Å². The minimum absolute atomic E-state index is 0.0512. The number of rotatable bonds is 8. The molecule has 0 bridgehead atoms. The average Bonchev–Trinajstić information content (AvgIpc) is 3.02. The number of ether oxygens (including phenoxy) is 2. The lowest BCUT2D eigenvalue weighted by molar-refractivity contribution is 0.0715. The predicted octanol–water partition coefficient (Wildman–Crippen LogP) is 6.96. The number of hydrogen-bond acceptors (Lipinski definition) is 7. The Balaban J connectivity index is 1.17. The van der Waals surface area contributed by atoms with E-state index < -0.39 is 24.1 Å². The Morgan fingerprint density at radius 2 is 0.929 bits per heavy atom. The Bertz CT molecular complexity index is 1530. The normalized spacial score (nSPS) is 12.3. The van der Waals surface area contributed by atoms with Crippen LogP contribution in [0.25, 0.3) is 22.3 Å². The van der Waals surface area contributed by atoms with Gasteiger partial charge in [0.05, 0.1) is 17.8 Å². The molecule has 1 aromatic heterocycles. The summed E-state index contributed by atoms with van der Waals surface area (Å²) >= 11 is 0. The molecule has 1 heterocycles. The molecule has 210 valence electrons. The second-order valence-electron chi connectivity index (χ2n) is 9.86. The van der Waals surface area contributed by atoms with Crippen LogP contribution in [0.1, 0.15) is 58.0 Å². The van der Waals surface area contributed by atoms with Crippen LogP contribution in [-0.2, 0) is 0 Å². The summed E-state index contributed by atoms with van der Waals surface area (Å²) in [6, 6.07) is 32.2. The fourth-order valence-corrected chi connectivity index (χ4v) is 4.30. The van der Waals surface area contributed by atoms with Crippen molar-refractivity contribution in [2.45, 2.75) is 26.1 Å². The van der Waals surface area contributed by atoms with Gasteiger partial charge in [-0.1, -0.05) is 72.8 Å². The van der Waals surface area contributed by atoms with Crippen LogP contribution in [0.15, 0.2) is 115 Å². The average molecular weight is 560 g/mol. The lowest BCUT2D eigenvalue weighted by Gasteiger charge is -2.09. The van der Waals surface area contributed by atoms with Crippen molar-refractivity contribution in [2.75, 3.05) is 0 Å². The van der Waals surface area contributed by atoms with E-state index in [1.165, 1.54) is 18.3 Å². The topological polar surface area (TPSA) is 106 Å². The second kappa shape index (κ2) is 12.6. The summed E-state index contributed by atoms with van der Waals surface area (Å²) in [5.41, 5.74) is 5.74. The fourth-order valence-electron chi connectivity index (χ4n) is 4.30. The van der Waals surface area contributed by atoms with Gasteiger partial charge in [-0.2, -0.15) is 0 Å². The molecule has 4 aromatic carbocycles. The number of carbonyl (C=O) groups excluding carboxylic acids is 2. The van der Waals surface area contributed by atoms with Crippen molar-refractivity contribution < 1.29 is 29.3 Å². The smallest absolute Gasteiger partial charge is 0.362 e. The number of pyridine rings is 1. The summed E-state index contributed by atoms with van der Waals surface area (Å²) < 4.78 is 10.9. The molecule has 0 radical (unpaired) electrons. The zero-order chi connectivity index (χ0) is 29.6. The lowest BCUT2D eigenvalue weighted by Crippen LogP contribution is -2.13. The van der Waals surface area contributed by atoms with E-state index in [2.05, 4.69) is 4.98 Å². The number of aromatic nitrogens is 1. The van der Waals surface area contributed by atoms with Crippen LogP contribution < -0.4 is 9.47 Å². The van der Waals surface area contributed by atoms with E-state index in [4.69, 9.17) is 9.47 Å². The number of aliphatic hydroxyl groups excluding tert-OH is 2. The van der Waals surface area contributed by atoms with Gasteiger partial charge in [-0.15, -0.1) is 0 Å². The molecule has 2 N–H and O–H groups in total. The zero-order valence-electron chi connectivity index (χ0n) is 23.1. The van der Waals surface area contributed by atoms with Crippen LogP contribution in [0.2, 0.25) is 0 Å². The number of aliphatic hydroxyl groups is 2. The largest absolute Gasteiger partial charge is 0.423 e. The third-order valence-electron chi connectivity index (χ3n) is 6.79. The quantitative estimate of drug-likeness (QED) is 0.156. The number of esters is 2. The van der Waals surface area contributed by atoms with Crippen molar-refractivity contribution in [3.05, 3.63) is 138 Å². The van der Waals surface area contributed by atoms with E-state index in [-0.39, 0.29) is 11.3 Å². The molecule has 7 heteroatoms. The summed E-state index contributed by atoms with van der Waals surface area (Å²) in [5.74, 6) is -0.526. The van der Waals surface area contributed by atoms with E-state index >= 15 is 0 Å². The molecule has 0 saturated heterocycles. The highest BCUT2D eigenvalue weighted by atomic mass is 16.5. The Hall–Kier alpha value is -5.11. The molecule has 0 aliphatic heterocycles. The molecular formula is C35H29NO6. The van der Waals surface area contributed by atoms with Gasteiger partial charge in [0.2, 0.25) is 0 Å². The third kappa shape index (κ3) is 6.78. The van der Waals surface area contributed by atoms with Gasteiger partial charge in [0, 0.05) is 6.20 Å². The molecule has 0 fully saturated rings. The van der Waals surface area contributed by atoms with Crippen LogP contribution in [0.5, 0.6) is 11.5 Å². The molecule has 5 rings (SSSR count). The minimum atomic E-state index is -0.652. The number of nitrogens with zero attached hydrogens (tertiary/aromatic N) is 1. The molecule has 0 aliphatic carbocycles. The summed E-state index contributed by atoms with van der Waals surface area (Å²) in [6.45, 7) is 3.43. The van der Waals surface area contributed by atoms with Gasteiger partial charge >= 0.3 is 11.9 Å². The maximum atomic E-state index is 12.6. The second-order valence-corrected chi connectivity index (χ2v) is 9.86. The van der Waals surface area contributed by atoms with E-state index in [0.717, 1.165) is 33.4 Å². The van der Waals surface area contributed by atoms with E-state index in [9.17, 15) is 19.8 Å². The third-order valence-corrected chi connectivity index (χ3v) is 6.79. The molecule has 5 aromatic rings. The first-order valence-electron chi connectivity index (χ1n) is 13.4. The molecule has 2 atom stereocenters. The highest BCUT2D eigenvalue weighted by Gasteiger charge is 2.14. The van der Waals surface area contributed by atoms with Gasteiger partial charge in [0.15, 0.2) is 0 Å². The Labute approximate surface area is 243 Å². The van der Waals surface area contributed by atoms with Gasteiger partial charge in [-0.3, -0.25) is 0 Å². The summed E-state index contributed by atoms with van der Waals surface area (Å²) in [4.78, 5) is 29.3. The molecule has 0 aliphatic rings. The van der Waals surface area contributed by atoms with Crippen LogP contribution in [0.3, 0.4) is 0 Å². The summed E-state index contributed by atoms with van der Waals surface area (Å²) in [7, 11) is 0. The summed E-state index contributed by atoms with van der Waals surface area (Å²) in [6.07, 6.45) is 0.219. The Morgan fingerprint density at radius 3 is 1.29 bits per heavy atom. The highest BCUT2D eigenvalue weighted by molar-refractivity contribution is 5.93. The molecule has 7 nitrogen and oxygen atoms in total. The maximum absolute atomic E-state index is 12.6. The van der Waals surface area contributed by atoms with Crippen molar-refractivity contribution in [1.82, 2.24) is 4.98 Å². The summed E-state index contributed by atoms with van der Waals surface area (Å²) in [5, 5.41) is 19.4. The molecule has 2 unspecified atom stereocenters. The van der Waals surface area contributed by atoms with Crippen molar-refractivity contribution in [2.24, 2.45) is 0 Å². The monoisotopic (exact) mass is 559 g/mol. The van der Waals surface area contributed by atoms with Gasteiger partial charge in [-0.05, 0) is 83.6 Å². The van der Waals surface area contributed by atoms with Gasteiger partial charge in [0.25, 0.3) is 0 Å². The standard InChI is InChI=1S/C35H29NO6/c1-22(37)24-3-7-26(8-4-24)28-11-16-31(17-12-28)41-34(39)30-15-20-33(36-21-30)35(40)42-32-18-13-29(14-19-32)27-9-5-25(6-10-27)23(2)38/h3-23,37-38H,1-2H3. The number of hydrogen-bond donors (Lipinski definition) is 2. The Kier molecular flexibility index (Phi) is 8.52. The van der Waals surface area contributed by atoms with Crippen molar-refractivity contribution in [3.8, 4) is 33.8 Å². The highest BCUT2D eigenvalue weighted by Crippen LogP contribution is 2.26. The SMILES string of the molecule is CC(O)c1ccc(-c2ccc(OC(=O)c3ccc(C(=O)Oc4ccc(-c5ccc(C(C)O)cc5)cc4)nc3)cc2)cc1. The first kappa shape index (κ1) is 28.4. The predicted molar refractivity (Wildman–Crippen MR) is 159 cm³/mol. The van der Waals surface area contributed by atoms with Crippen molar-refractivity contribution in [1.29, 1.82) is 0 Å². The Morgan fingerprint density at radius 1 is 0.548 bits per heavy atom. The van der Waals surface area contributed by atoms with E-state index in [0.29, 0.717) is 11.5 Å². The molecule has 0 amide bonds. The maximum Gasteiger partial charge on any atom is 0.362 e. The van der Waals surface area contributed by atoms with Crippen LogP contribution >= 0.6 is 0 Å². The number of benzene rings is 4. The van der Waals surface area contributed by atoms with Crippen LogP contribution in [0, 0.1) is 0 Å². The van der Waals surface area contributed by atoms with Gasteiger partial charge in [-0.25, -0.2) is 14.6 Å². The molecule has 0 saturated carbocycles. The van der Waals surface area contributed by atoms with Crippen molar-refractivity contribution in [3.63, 3.8) is 0 Å². The first-order chi connectivity index (χ1) is 20.3. The van der Waals surface area contributed by atoms with E-state index in [1.54, 1.807) is 38.1 Å². The first-order valence-corrected chi connectivity index (χ1v) is 13.4. The molecule has 0 spiro atoms. The lowest BCUT2D eigenvalue weighted by atomic mass is 10.0. The van der Waals surface area contributed by atoms with Crippen LogP contribution in [-0.4, -0.2) is 27.1 Å². The molecule has 42 heavy (non-hydrogen) atoms. The zero-order valence-corrected chi connectivity index (χ0v) is 23.1. The number of carbonyl (C=O) groups is 2. The van der Waals surface area contributed by atoms with Crippen molar-refractivity contribution >= 4 is 11.9 Å². The van der Waals surface area contributed by atoms with Gasteiger partial charge in [0.1, 0.15) is 17.2 Å². The van der Waals surface area contributed by atoms with Crippen LogP contribution in [0.4, 0.5) is 0 Å². The molecular weight excluding hydrogens is 530 g/mol. The van der Waals surface area contributed by atoms with Gasteiger partial charge < -0.3 is 19.7 Å². The minimum Gasteiger partial charge on any atom is -0.423 e.